The van der Waals surface area contributed by atoms with Gasteiger partial charge in [0.15, 0.2) is 0 Å². The maximum absolute atomic E-state index is 11.1. The van der Waals surface area contributed by atoms with E-state index in [1.807, 2.05) is 6.92 Å². The normalized spacial score (nSPS) is 10.4. The topological polar surface area (TPSA) is 43.1 Å². The molecular formula is C17H39BrN2O. The number of Topliss-reactive ketones (excluding diaryl/α,β-unsaturated/α-hetero) is 1. The lowest BCUT2D eigenvalue weighted by molar-refractivity contribution is -0.870. The highest BCUT2D eigenvalue weighted by Gasteiger charge is 2.05. The Morgan fingerprint density at radius 3 is 1.57 bits per heavy atom. The van der Waals surface area contributed by atoms with E-state index in [1.54, 1.807) is 0 Å². The fourth-order valence-corrected chi connectivity index (χ4v) is 2.15. The molecule has 0 spiro atoms. The third-order valence-electron chi connectivity index (χ3n) is 3.43. The molecule has 0 aliphatic heterocycles. The molecule has 0 aliphatic carbocycles. The van der Waals surface area contributed by atoms with E-state index >= 15 is 0 Å². The molecule has 0 aromatic heterocycles. The van der Waals surface area contributed by atoms with Gasteiger partial charge in [0.1, 0.15) is 5.78 Å². The third kappa shape index (κ3) is 25.4. The van der Waals surface area contributed by atoms with E-state index in [1.165, 1.54) is 58.5 Å². The monoisotopic (exact) mass is 366 g/mol. The van der Waals surface area contributed by atoms with Crippen LogP contribution in [0.3, 0.4) is 0 Å². The lowest BCUT2D eigenvalue weighted by Gasteiger charge is -2.23. The second-order valence-electron chi connectivity index (χ2n) is 6.48. The summed E-state index contributed by atoms with van der Waals surface area (Å²) < 4.78 is 1.09. The van der Waals surface area contributed by atoms with Crippen LogP contribution in [0.4, 0.5) is 0 Å². The number of rotatable bonds is 12. The summed E-state index contributed by atoms with van der Waals surface area (Å²) in [5.74, 6) is 0.426. The lowest BCUT2D eigenvalue weighted by atomic mass is 10.1. The zero-order valence-electron chi connectivity index (χ0n) is 15.1. The molecule has 0 heterocycles. The molecule has 0 unspecified atom stereocenters. The number of carbonyl (C=O) groups is 1. The molecule has 0 atom stereocenters. The van der Waals surface area contributed by atoms with Gasteiger partial charge >= 0.3 is 0 Å². The van der Waals surface area contributed by atoms with Crippen molar-refractivity contribution in [2.75, 3.05) is 34.7 Å². The van der Waals surface area contributed by atoms with Gasteiger partial charge in [0, 0.05) is 12.8 Å². The van der Waals surface area contributed by atoms with Gasteiger partial charge in [-0.05, 0) is 26.3 Å². The molecule has 0 rings (SSSR count). The molecule has 0 saturated carbocycles. The van der Waals surface area contributed by atoms with Crippen molar-refractivity contribution >= 4 is 5.78 Å². The van der Waals surface area contributed by atoms with Crippen LogP contribution in [0, 0.1) is 0 Å². The van der Waals surface area contributed by atoms with E-state index in [4.69, 9.17) is 0 Å². The molecule has 0 bridgehead atoms. The zero-order chi connectivity index (χ0) is 15.9. The smallest absolute Gasteiger partial charge is 0.132 e. The number of hydrogen-bond donors (Lipinski definition) is 1. The summed E-state index contributed by atoms with van der Waals surface area (Å²) in [5, 5.41) is 0. The van der Waals surface area contributed by atoms with E-state index in [0.29, 0.717) is 12.2 Å². The molecule has 21 heavy (non-hydrogen) atoms. The zero-order valence-corrected chi connectivity index (χ0v) is 16.7. The molecule has 0 radical (unpaired) electrons. The molecule has 0 aromatic carbocycles. The van der Waals surface area contributed by atoms with E-state index in [9.17, 15) is 4.79 Å². The van der Waals surface area contributed by atoms with Crippen molar-refractivity contribution in [2.45, 2.75) is 71.1 Å². The number of quaternary nitrogens is 1. The van der Waals surface area contributed by atoms with Crippen LogP contribution in [-0.4, -0.2) is 45.0 Å². The van der Waals surface area contributed by atoms with E-state index in [-0.39, 0.29) is 17.0 Å². The van der Waals surface area contributed by atoms with Crippen LogP contribution < -0.4 is 22.7 Å². The Morgan fingerprint density at radius 2 is 1.19 bits per heavy atom. The molecule has 0 amide bonds. The fourth-order valence-electron chi connectivity index (χ4n) is 2.15. The summed E-state index contributed by atoms with van der Waals surface area (Å²) in [7, 11) is 8.28. The van der Waals surface area contributed by atoms with Gasteiger partial charge < -0.3 is 27.2 Å². The average molecular weight is 367 g/mol. The van der Waals surface area contributed by atoms with Crippen molar-refractivity contribution in [1.29, 1.82) is 0 Å². The Balaban J connectivity index is -0.00000103. The van der Waals surface area contributed by atoms with Gasteiger partial charge in [-0.25, -0.2) is 0 Å². The Labute approximate surface area is 144 Å². The first-order valence-corrected chi connectivity index (χ1v) is 8.35. The number of unbranched alkanes of at least 4 members (excludes halogenated alkanes) is 7. The Morgan fingerprint density at radius 1 is 0.810 bits per heavy atom. The third-order valence-corrected chi connectivity index (χ3v) is 3.43. The fraction of sp³-hybridized carbons (Fsp3) is 0.941. The minimum atomic E-state index is 0. The Kier molecular flexibility index (Phi) is 22.4. The molecule has 0 aromatic rings. The SMILES string of the molecule is CCC(=O)CCCCCCCCCC[N+](C)(C)C.CN.[Br-]. The number of nitrogens with two attached hydrogens (primary N) is 1. The van der Waals surface area contributed by atoms with Crippen LogP contribution in [0.2, 0.25) is 0 Å². The molecule has 0 aliphatic rings. The highest BCUT2D eigenvalue weighted by atomic mass is 79.9. The molecule has 0 saturated heterocycles. The second-order valence-corrected chi connectivity index (χ2v) is 6.48. The number of halogens is 1. The average Bonchev–Trinajstić information content (AvgIpc) is 2.41. The van der Waals surface area contributed by atoms with Gasteiger partial charge in [0.05, 0.1) is 27.7 Å². The minimum absolute atomic E-state index is 0. The quantitative estimate of drug-likeness (QED) is 0.409. The summed E-state index contributed by atoms with van der Waals surface area (Å²) in [4.78, 5) is 11.1. The van der Waals surface area contributed by atoms with Gasteiger partial charge in [-0.2, -0.15) is 0 Å². The highest BCUT2D eigenvalue weighted by Crippen LogP contribution is 2.10. The Hall–Kier alpha value is 0.0700. The van der Waals surface area contributed by atoms with Crippen molar-refractivity contribution in [3.63, 3.8) is 0 Å². The Bertz CT molecular complexity index is 215. The maximum atomic E-state index is 11.1. The van der Waals surface area contributed by atoms with Crippen molar-refractivity contribution < 1.29 is 26.3 Å². The summed E-state index contributed by atoms with van der Waals surface area (Å²) in [6.45, 7) is 3.25. The van der Waals surface area contributed by atoms with Gasteiger partial charge in [-0.1, -0.05) is 39.0 Å². The van der Waals surface area contributed by atoms with Gasteiger partial charge in [0.25, 0.3) is 0 Å². The van der Waals surface area contributed by atoms with E-state index < -0.39 is 0 Å². The van der Waals surface area contributed by atoms with Crippen LogP contribution in [0.25, 0.3) is 0 Å². The van der Waals surface area contributed by atoms with Crippen molar-refractivity contribution in [2.24, 2.45) is 5.73 Å². The molecule has 0 fully saturated rings. The second kappa shape index (κ2) is 18.1. The minimum Gasteiger partial charge on any atom is -1.00 e. The maximum Gasteiger partial charge on any atom is 0.132 e. The lowest BCUT2D eigenvalue weighted by Crippen LogP contribution is -3.00. The molecule has 3 nitrogen and oxygen atoms in total. The summed E-state index contributed by atoms with van der Waals surface area (Å²) in [6, 6.07) is 0. The van der Waals surface area contributed by atoms with Gasteiger partial charge in [-0.15, -0.1) is 0 Å². The van der Waals surface area contributed by atoms with E-state index in [2.05, 4.69) is 26.9 Å². The number of hydrogen-bond acceptors (Lipinski definition) is 2. The highest BCUT2D eigenvalue weighted by molar-refractivity contribution is 5.77. The van der Waals surface area contributed by atoms with Crippen LogP contribution >= 0.6 is 0 Å². The molecule has 2 N–H and O–H groups in total. The van der Waals surface area contributed by atoms with E-state index in [0.717, 1.165) is 17.3 Å². The summed E-state index contributed by atoms with van der Waals surface area (Å²) in [5.41, 5.74) is 4.50. The van der Waals surface area contributed by atoms with Gasteiger partial charge in [0.2, 0.25) is 0 Å². The molecular weight excluding hydrogens is 328 g/mol. The first kappa shape index (κ1) is 26.0. The first-order valence-electron chi connectivity index (χ1n) is 8.35. The summed E-state index contributed by atoms with van der Waals surface area (Å²) >= 11 is 0. The van der Waals surface area contributed by atoms with Crippen molar-refractivity contribution in [1.82, 2.24) is 0 Å². The predicted molar refractivity (Wildman–Crippen MR) is 89.9 cm³/mol. The molecule has 130 valence electrons. The predicted octanol–water partition coefficient (Wildman–Crippen LogP) is 0.762. The van der Waals surface area contributed by atoms with Crippen LogP contribution in [0.5, 0.6) is 0 Å². The molecule has 4 heteroatoms. The standard InChI is InChI=1S/C16H34NO.CH5N.BrH/c1-5-16(18)14-12-10-8-6-7-9-11-13-15-17(2,3)4;1-2;/h5-15H2,1-4H3;2H2,1H3;1H/q+1;;/p-1. The number of ketones is 1. The van der Waals surface area contributed by atoms with Crippen LogP contribution in [-0.2, 0) is 4.79 Å². The van der Waals surface area contributed by atoms with Crippen LogP contribution in [0.1, 0.15) is 71.1 Å². The van der Waals surface area contributed by atoms with Crippen LogP contribution in [0.15, 0.2) is 0 Å². The van der Waals surface area contributed by atoms with Crippen molar-refractivity contribution in [3.05, 3.63) is 0 Å². The largest absolute Gasteiger partial charge is 1.00 e. The summed E-state index contributed by atoms with van der Waals surface area (Å²) in [6.07, 6.45) is 12.0. The van der Waals surface area contributed by atoms with Gasteiger partial charge in [-0.3, -0.25) is 4.79 Å². The number of carbonyl (C=O) groups excluding carboxylic acids is 1. The number of nitrogens with zero attached hydrogens (tertiary/aromatic N) is 1. The van der Waals surface area contributed by atoms with Crippen molar-refractivity contribution in [3.8, 4) is 0 Å². The first-order chi connectivity index (χ1) is 9.45.